The molecule has 1 atom stereocenters. The quantitative estimate of drug-likeness (QED) is 0.769. The molecule has 4 rings (SSSR count). The smallest absolute Gasteiger partial charge is 0.361 e. The van der Waals surface area contributed by atoms with Gasteiger partial charge in [0.2, 0.25) is 0 Å². The predicted octanol–water partition coefficient (Wildman–Crippen LogP) is 4.70. The molecule has 2 heteroatoms. The van der Waals surface area contributed by atoms with E-state index in [2.05, 4.69) is 68.1 Å². The number of fused-ring (bicyclic) bond motifs is 1. The zero-order chi connectivity index (χ0) is 14.5. The maximum Gasteiger partial charge on any atom is 2.00 e. The van der Waals surface area contributed by atoms with Crippen molar-refractivity contribution in [3.63, 3.8) is 0 Å². The van der Waals surface area contributed by atoms with Crippen LogP contribution < -0.4 is 0 Å². The van der Waals surface area contributed by atoms with Gasteiger partial charge in [-0.3, -0.25) is 0 Å². The van der Waals surface area contributed by atoms with Gasteiger partial charge in [0.25, 0.3) is 0 Å². The molecule has 1 nitrogen and oxygen atoms in total. The Morgan fingerprint density at radius 3 is 2.05 bits per heavy atom. The fourth-order valence-electron chi connectivity index (χ4n) is 2.63. The van der Waals surface area contributed by atoms with E-state index in [1.165, 1.54) is 22.4 Å². The van der Waals surface area contributed by atoms with Crippen molar-refractivity contribution in [3.8, 4) is 0 Å². The van der Waals surface area contributed by atoms with Crippen molar-refractivity contribution in [2.24, 2.45) is 0 Å². The van der Waals surface area contributed by atoms with Gasteiger partial charge in [0.05, 0.1) is 0 Å². The number of benzene rings is 1. The SMILES string of the molecule is C[C@@H]([C]1[CH][CH][CH][CH]1)c1c[nH]c2ccccc12.[CH]1[CH][CH][CH][CH]1.[Fe+2]. The molecule has 10 radical (unpaired) electrons. The second-order valence-electron chi connectivity index (χ2n) is 5.19. The summed E-state index contributed by atoms with van der Waals surface area (Å²) in [7, 11) is 0. The standard InChI is InChI=1S/C15H14N.C5H5.Fe/c1-11(12-6-2-3-7-12)14-10-16-15-9-5-4-8-13(14)15;1-2-4-5-3-1;/h2-11,16H,1H3;1-5H;/q;;+2/t11-;;/m0../s1. The molecule has 2 aliphatic carbocycles. The molecular weight excluding hydrogens is 310 g/mol. The minimum Gasteiger partial charge on any atom is -0.361 e. The molecule has 1 aromatic carbocycles. The Hall–Kier alpha value is -0.721. The van der Waals surface area contributed by atoms with Gasteiger partial charge in [0, 0.05) is 17.1 Å². The Balaban J connectivity index is 0.000000253. The number of hydrogen-bond donors (Lipinski definition) is 1. The predicted molar refractivity (Wildman–Crippen MR) is 88.7 cm³/mol. The van der Waals surface area contributed by atoms with Gasteiger partial charge in [-0.2, -0.15) is 0 Å². The van der Waals surface area contributed by atoms with Crippen LogP contribution in [0.4, 0.5) is 0 Å². The summed E-state index contributed by atoms with van der Waals surface area (Å²) in [5.74, 6) is 1.83. The molecule has 2 saturated carbocycles. The first-order chi connectivity index (χ1) is 10.4. The zero-order valence-electron chi connectivity index (χ0n) is 12.5. The molecule has 1 heterocycles. The van der Waals surface area contributed by atoms with Crippen molar-refractivity contribution >= 4 is 10.9 Å². The first kappa shape index (κ1) is 17.6. The topological polar surface area (TPSA) is 15.8 Å². The molecule has 0 unspecified atom stereocenters. The van der Waals surface area contributed by atoms with Crippen molar-refractivity contribution < 1.29 is 17.1 Å². The first-order valence-electron chi connectivity index (χ1n) is 7.30. The molecular formula is C20H19FeN+2. The number of H-pyrrole nitrogens is 1. The average molecular weight is 329 g/mol. The van der Waals surface area contributed by atoms with E-state index in [0.717, 1.165) is 0 Å². The second kappa shape index (κ2) is 8.79. The van der Waals surface area contributed by atoms with Crippen LogP contribution in [0.1, 0.15) is 18.4 Å². The average Bonchev–Trinajstić information content (AvgIpc) is 3.28. The van der Waals surface area contributed by atoms with Gasteiger partial charge in [-0.1, -0.05) is 25.1 Å². The normalized spacial score (nSPS) is 19.5. The Morgan fingerprint density at radius 1 is 0.818 bits per heavy atom. The van der Waals surface area contributed by atoms with Gasteiger partial charge < -0.3 is 4.98 Å². The number of aromatic amines is 1. The van der Waals surface area contributed by atoms with E-state index in [-0.39, 0.29) is 17.1 Å². The van der Waals surface area contributed by atoms with Gasteiger partial charge in [-0.25, -0.2) is 0 Å². The summed E-state index contributed by atoms with van der Waals surface area (Å²) in [6, 6.07) is 8.46. The van der Waals surface area contributed by atoms with Crippen LogP contribution in [0.3, 0.4) is 0 Å². The third-order valence-electron chi connectivity index (χ3n) is 3.83. The van der Waals surface area contributed by atoms with Crippen LogP contribution in [-0.4, -0.2) is 4.98 Å². The van der Waals surface area contributed by atoms with Crippen LogP contribution in [0.2, 0.25) is 0 Å². The van der Waals surface area contributed by atoms with E-state index >= 15 is 0 Å². The summed E-state index contributed by atoms with van der Waals surface area (Å²) >= 11 is 0. The van der Waals surface area contributed by atoms with Crippen LogP contribution >= 0.6 is 0 Å². The summed E-state index contributed by atoms with van der Waals surface area (Å²) < 4.78 is 0. The molecule has 0 aliphatic heterocycles. The molecule has 22 heavy (non-hydrogen) atoms. The fraction of sp³-hybridized carbons (Fsp3) is 0.100. The number of rotatable bonds is 2. The molecule has 0 spiro atoms. The van der Waals surface area contributed by atoms with Crippen LogP contribution in [0, 0.1) is 63.7 Å². The maximum absolute atomic E-state index is 3.33. The number of nitrogens with one attached hydrogen (secondary N) is 1. The monoisotopic (exact) mass is 329 g/mol. The van der Waals surface area contributed by atoms with Crippen LogP contribution in [0.25, 0.3) is 10.9 Å². The summed E-state index contributed by atoms with van der Waals surface area (Å²) in [6.45, 7) is 2.25. The van der Waals surface area contributed by atoms with Gasteiger partial charge >= 0.3 is 17.1 Å². The van der Waals surface area contributed by atoms with E-state index in [1.54, 1.807) is 0 Å². The minimum absolute atomic E-state index is 0. The Morgan fingerprint density at radius 2 is 1.41 bits per heavy atom. The molecule has 2 fully saturated rings. The molecule has 110 valence electrons. The number of hydrogen-bond acceptors (Lipinski definition) is 0. The second-order valence-corrected chi connectivity index (χ2v) is 5.19. The molecule has 0 saturated heterocycles. The van der Waals surface area contributed by atoms with Crippen LogP contribution in [0.15, 0.2) is 30.5 Å². The molecule has 2 aromatic rings. The molecule has 0 bridgehead atoms. The minimum atomic E-state index is 0. The molecule has 0 amide bonds. The van der Waals surface area contributed by atoms with E-state index in [0.29, 0.717) is 5.92 Å². The zero-order valence-corrected chi connectivity index (χ0v) is 13.6. The van der Waals surface area contributed by atoms with E-state index in [1.807, 2.05) is 32.1 Å². The third kappa shape index (κ3) is 4.18. The van der Waals surface area contributed by atoms with Crippen molar-refractivity contribution in [1.82, 2.24) is 4.98 Å². The number of aromatic nitrogens is 1. The molecule has 2 aliphatic rings. The Kier molecular flexibility index (Phi) is 7.05. The molecule has 1 aromatic heterocycles. The van der Waals surface area contributed by atoms with E-state index in [4.69, 9.17) is 0 Å². The summed E-state index contributed by atoms with van der Waals surface area (Å²) in [6.07, 6.45) is 20.7. The Labute approximate surface area is 145 Å². The van der Waals surface area contributed by atoms with E-state index < -0.39 is 0 Å². The molecule has 1 N–H and O–H groups in total. The number of para-hydroxylation sites is 1. The van der Waals surface area contributed by atoms with E-state index in [9.17, 15) is 0 Å². The fourth-order valence-corrected chi connectivity index (χ4v) is 2.63. The summed E-state index contributed by atoms with van der Waals surface area (Å²) in [5.41, 5.74) is 2.60. The largest absolute Gasteiger partial charge is 2.00 e. The van der Waals surface area contributed by atoms with Gasteiger partial charge in [0.15, 0.2) is 0 Å². The van der Waals surface area contributed by atoms with Crippen LogP contribution in [-0.2, 0) is 17.1 Å². The van der Waals surface area contributed by atoms with Gasteiger partial charge in [-0.05, 0) is 81.3 Å². The summed E-state index contributed by atoms with van der Waals surface area (Å²) in [4.78, 5) is 3.33. The third-order valence-corrected chi connectivity index (χ3v) is 3.83. The van der Waals surface area contributed by atoms with Crippen LogP contribution in [0.5, 0.6) is 0 Å². The summed E-state index contributed by atoms with van der Waals surface area (Å²) in [5, 5.41) is 1.33. The maximum atomic E-state index is 3.33. The van der Waals surface area contributed by atoms with Crippen molar-refractivity contribution in [1.29, 1.82) is 0 Å². The van der Waals surface area contributed by atoms with Crippen molar-refractivity contribution in [2.75, 3.05) is 0 Å². The van der Waals surface area contributed by atoms with Crippen molar-refractivity contribution in [3.05, 3.63) is 99.7 Å². The van der Waals surface area contributed by atoms with Gasteiger partial charge in [0.1, 0.15) is 0 Å². The van der Waals surface area contributed by atoms with Gasteiger partial charge in [-0.15, -0.1) is 0 Å². The van der Waals surface area contributed by atoms with Crippen molar-refractivity contribution in [2.45, 2.75) is 12.8 Å². The Bertz CT molecular complexity index is 542. The first-order valence-corrected chi connectivity index (χ1v) is 7.30.